The van der Waals surface area contributed by atoms with E-state index in [-0.39, 0.29) is 5.91 Å². The van der Waals surface area contributed by atoms with Crippen LogP contribution in [0.1, 0.15) is 72.7 Å². The maximum absolute atomic E-state index is 11.6. The summed E-state index contributed by atoms with van der Waals surface area (Å²) in [6.45, 7) is 3.87. The molecule has 3 heterocycles. The number of nitrogens with zero attached hydrogens (tertiary/aromatic N) is 4. The van der Waals surface area contributed by atoms with Crippen molar-refractivity contribution in [2.24, 2.45) is 11.7 Å². The van der Waals surface area contributed by atoms with Crippen LogP contribution in [-0.2, 0) is 19.4 Å². The van der Waals surface area contributed by atoms with E-state index in [9.17, 15) is 4.79 Å². The molecule has 0 bridgehead atoms. The summed E-state index contributed by atoms with van der Waals surface area (Å²) in [5.41, 5.74) is 7.03. The zero-order chi connectivity index (χ0) is 18.8. The van der Waals surface area contributed by atoms with Gasteiger partial charge in [0.05, 0.1) is 17.5 Å². The van der Waals surface area contributed by atoms with E-state index < -0.39 is 0 Å². The smallest absolute Gasteiger partial charge is 0.252 e. The molecule has 2 aliphatic rings. The van der Waals surface area contributed by atoms with Crippen LogP contribution >= 0.6 is 0 Å². The second kappa shape index (κ2) is 7.80. The van der Waals surface area contributed by atoms with Crippen LogP contribution in [0.2, 0.25) is 0 Å². The number of hydrogen-bond donors (Lipinski definition) is 2. The van der Waals surface area contributed by atoms with Gasteiger partial charge >= 0.3 is 0 Å². The first-order valence-electron chi connectivity index (χ1n) is 10.0. The Bertz CT molecular complexity index is 790. The first kappa shape index (κ1) is 18.2. The minimum atomic E-state index is -0.379. The normalized spacial score (nSPS) is 25.3. The number of nitrogens with two attached hydrogens (primary N) is 1. The molecule has 1 amide bonds. The molecule has 1 atom stereocenters. The summed E-state index contributed by atoms with van der Waals surface area (Å²) in [5, 5.41) is 12.0. The summed E-state index contributed by atoms with van der Waals surface area (Å²) in [4.78, 5) is 16.0. The second-order valence-electron chi connectivity index (χ2n) is 7.81. The number of rotatable bonds is 6. The van der Waals surface area contributed by atoms with Gasteiger partial charge in [-0.1, -0.05) is 12.1 Å². The molecular weight excluding hydrogens is 344 g/mol. The Balaban J connectivity index is 1.25. The molecular formula is C19H28N6O2. The van der Waals surface area contributed by atoms with Crippen LogP contribution in [0.4, 0.5) is 0 Å². The van der Waals surface area contributed by atoms with Crippen LogP contribution in [0.25, 0.3) is 0 Å². The topological polar surface area (TPSA) is 112 Å². The van der Waals surface area contributed by atoms with Crippen molar-refractivity contribution in [3.8, 4) is 0 Å². The van der Waals surface area contributed by atoms with Gasteiger partial charge in [0.15, 0.2) is 5.82 Å². The minimum Gasteiger partial charge on any atom is -0.365 e. The van der Waals surface area contributed by atoms with Crippen LogP contribution in [0.3, 0.4) is 0 Å². The number of carbonyl (C=O) groups is 1. The predicted molar refractivity (Wildman–Crippen MR) is 99.2 cm³/mol. The lowest BCUT2D eigenvalue weighted by Gasteiger charge is -2.30. The highest BCUT2D eigenvalue weighted by atomic mass is 16.5. The number of fused-ring (bicyclic) bond motifs is 1. The average molecular weight is 372 g/mol. The molecule has 8 heteroatoms. The van der Waals surface area contributed by atoms with E-state index in [1.54, 1.807) is 6.20 Å². The van der Waals surface area contributed by atoms with Gasteiger partial charge in [-0.15, -0.1) is 0 Å². The van der Waals surface area contributed by atoms with Crippen LogP contribution in [0, 0.1) is 5.92 Å². The minimum absolute atomic E-state index is 0.379. The third-order valence-corrected chi connectivity index (χ3v) is 6.02. The molecule has 0 radical (unpaired) electrons. The van der Waals surface area contributed by atoms with Crippen molar-refractivity contribution >= 4 is 5.91 Å². The van der Waals surface area contributed by atoms with E-state index in [1.165, 1.54) is 0 Å². The van der Waals surface area contributed by atoms with Crippen LogP contribution in [0.5, 0.6) is 0 Å². The van der Waals surface area contributed by atoms with Crippen molar-refractivity contribution in [2.75, 3.05) is 6.54 Å². The average Bonchev–Trinajstić information content (AvgIpc) is 3.33. The van der Waals surface area contributed by atoms with Gasteiger partial charge in [0.2, 0.25) is 5.89 Å². The molecule has 0 saturated heterocycles. The van der Waals surface area contributed by atoms with Crippen LogP contribution in [0.15, 0.2) is 10.7 Å². The quantitative estimate of drug-likeness (QED) is 0.800. The number of nitrogens with one attached hydrogen (secondary N) is 1. The largest absolute Gasteiger partial charge is 0.365 e. The zero-order valence-corrected chi connectivity index (χ0v) is 15.9. The van der Waals surface area contributed by atoms with Gasteiger partial charge < -0.3 is 15.6 Å². The molecule has 0 spiro atoms. The van der Waals surface area contributed by atoms with Crippen molar-refractivity contribution in [3.63, 3.8) is 0 Å². The lowest BCUT2D eigenvalue weighted by atomic mass is 9.85. The van der Waals surface area contributed by atoms with Gasteiger partial charge in [-0.3, -0.25) is 9.48 Å². The Morgan fingerprint density at radius 1 is 1.33 bits per heavy atom. The fourth-order valence-electron chi connectivity index (χ4n) is 4.33. The SMILES string of the molecule is CCc1noc(C2CCC(NC[C@@H]3CCn4ncc(C(N)=O)c4C3)CC2)n1. The third kappa shape index (κ3) is 3.90. The zero-order valence-electron chi connectivity index (χ0n) is 15.9. The van der Waals surface area contributed by atoms with Crippen LogP contribution < -0.4 is 11.1 Å². The van der Waals surface area contributed by atoms with Gasteiger partial charge in [-0.25, -0.2) is 0 Å². The van der Waals surface area contributed by atoms with Gasteiger partial charge in [-0.05, 0) is 51.0 Å². The van der Waals surface area contributed by atoms with Crippen molar-refractivity contribution in [3.05, 3.63) is 29.2 Å². The number of amides is 1. The van der Waals surface area contributed by atoms with E-state index in [4.69, 9.17) is 10.3 Å². The Labute approximate surface area is 158 Å². The molecule has 1 aliphatic carbocycles. The summed E-state index contributed by atoms with van der Waals surface area (Å²) in [6.07, 6.45) is 8.81. The number of aromatic nitrogens is 4. The lowest BCUT2D eigenvalue weighted by Crippen LogP contribution is -2.38. The van der Waals surface area contributed by atoms with Crippen molar-refractivity contribution in [2.45, 2.75) is 70.4 Å². The maximum Gasteiger partial charge on any atom is 0.252 e. The molecule has 1 saturated carbocycles. The fourth-order valence-corrected chi connectivity index (χ4v) is 4.33. The molecule has 1 aliphatic heterocycles. The molecule has 0 aromatic carbocycles. The van der Waals surface area contributed by atoms with E-state index in [0.717, 1.165) is 75.4 Å². The summed E-state index contributed by atoms with van der Waals surface area (Å²) in [5.74, 6) is 2.16. The van der Waals surface area contributed by atoms with E-state index >= 15 is 0 Å². The predicted octanol–water partition coefficient (Wildman–Crippen LogP) is 1.81. The highest BCUT2D eigenvalue weighted by Crippen LogP contribution is 2.32. The summed E-state index contributed by atoms with van der Waals surface area (Å²) >= 11 is 0. The number of aryl methyl sites for hydroxylation is 2. The lowest BCUT2D eigenvalue weighted by molar-refractivity contribution is 0.0998. The van der Waals surface area contributed by atoms with E-state index in [0.29, 0.717) is 23.4 Å². The molecule has 8 nitrogen and oxygen atoms in total. The molecule has 27 heavy (non-hydrogen) atoms. The van der Waals surface area contributed by atoms with Gasteiger partial charge in [-0.2, -0.15) is 10.1 Å². The molecule has 4 rings (SSSR count). The van der Waals surface area contributed by atoms with Gasteiger partial charge in [0, 0.05) is 24.9 Å². The first-order chi connectivity index (χ1) is 13.1. The van der Waals surface area contributed by atoms with Crippen LogP contribution in [-0.4, -0.2) is 38.4 Å². The molecule has 0 unspecified atom stereocenters. The van der Waals surface area contributed by atoms with Crippen molar-refractivity contribution in [1.29, 1.82) is 0 Å². The Kier molecular flexibility index (Phi) is 5.24. The number of hydrogen-bond acceptors (Lipinski definition) is 6. The number of carbonyl (C=O) groups excluding carboxylic acids is 1. The summed E-state index contributed by atoms with van der Waals surface area (Å²) in [7, 11) is 0. The standard InChI is InChI=1S/C19H28N6O2/c1-2-17-23-19(27-24-17)13-3-5-14(6-4-13)21-10-12-7-8-25-16(9-12)15(11-22-25)18(20)26/h11-14,21H,2-10H2,1H3,(H2,20,26)/t12-,13?,14?/m1/s1. The van der Waals surface area contributed by atoms with E-state index in [2.05, 4.69) is 20.6 Å². The monoisotopic (exact) mass is 372 g/mol. The highest BCUT2D eigenvalue weighted by molar-refractivity contribution is 5.93. The second-order valence-corrected chi connectivity index (χ2v) is 7.81. The fraction of sp³-hybridized carbons (Fsp3) is 0.684. The summed E-state index contributed by atoms with van der Waals surface area (Å²) in [6, 6.07) is 0.539. The van der Waals surface area contributed by atoms with Crippen molar-refractivity contribution in [1.82, 2.24) is 25.2 Å². The maximum atomic E-state index is 11.6. The Morgan fingerprint density at radius 3 is 2.85 bits per heavy atom. The first-order valence-corrected chi connectivity index (χ1v) is 10.0. The molecule has 2 aromatic heterocycles. The molecule has 146 valence electrons. The van der Waals surface area contributed by atoms with Crippen molar-refractivity contribution < 1.29 is 9.32 Å². The highest BCUT2D eigenvalue weighted by Gasteiger charge is 2.28. The molecule has 1 fully saturated rings. The Morgan fingerprint density at radius 2 is 2.15 bits per heavy atom. The third-order valence-electron chi connectivity index (χ3n) is 6.02. The van der Waals surface area contributed by atoms with E-state index in [1.807, 2.05) is 11.6 Å². The van der Waals surface area contributed by atoms with Gasteiger partial charge in [0.1, 0.15) is 0 Å². The summed E-state index contributed by atoms with van der Waals surface area (Å²) < 4.78 is 7.34. The molecule has 3 N–H and O–H groups in total. The Hall–Kier alpha value is -2.22. The molecule has 2 aromatic rings. The van der Waals surface area contributed by atoms with Gasteiger partial charge in [0.25, 0.3) is 5.91 Å². The number of primary amides is 1.